The van der Waals surface area contributed by atoms with E-state index in [4.69, 9.17) is 9.47 Å². The van der Waals surface area contributed by atoms with Gasteiger partial charge in [0.05, 0.1) is 19.9 Å². The number of hydrogen-bond donors (Lipinski definition) is 2. The number of phenols is 1. The van der Waals surface area contributed by atoms with Gasteiger partial charge in [0.25, 0.3) is 5.91 Å². The van der Waals surface area contributed by atoms with Gasteiger partial charge in [-0.15, -0.1) is 0 Å². The van der Waals surface area contributed by atoms with E-state index in [-0.39, 0.29) is 11.7 Å². The quantitative estimate of drug-likeness (QED) is 0.634. The number of aromatic hydroxyl groups is 1. The number of amides is 1. The summed E-state index contributed by atoms with van der Waals surface area (Å²) in [5.41, 5.74) is 3.27. The minimum Gasteiger partial charge on any atom is -0.504 e. The van der Waals surface area contributed by atoms with Crippen molar-refractivity contribution in [3.8, 4) is 17.2 Å². The Morgan fingerprint density at radius 3 is 2.83 bits per heavy atom. The van der Waals surface area contributed by atoms with Gasteiger partial charge in [0.2, 0.25) is 0 Å². The van der Waals surface area contributed by atoms with Crippen molar-refractivity contribution in [2.24, 2.45) is 5.10 Å². The van der Waals surface area contributed by atoms with Gasteiger partial charge in [0.1, 0.15) is 5.75 Å². The molecule has 0 saturated heterocycles. The lowest BCUT2D eigenvalue weighted by molar-refractivity contribution is 0.0954. The van der Waals surface area contributed by atoms with E-state index >= 15 is 0 Å². The number of phenolic OH excluding ortho intramolecular Hbond substituents is 1. The van der Waals surface area contributed by atoms with Gasteiger partial charge in [-0.3, -0.25) is 4.79 Å². The fourth-order valence-electron chi connectivity index (χ4n) is 1.90. The standard InChI is InChI=1S/C17H18N2O4/c1-3-23-15-9-5-7-13(16(15)20)11-18-19-17(21)12-6-4-8-14(10-12)22-2/h4-11,20H,3H2,1-2H3,(H,19,21)/b18-11+. The molecule has 0 fully saturated rings. The highest BCUT2D eigenvalue weighted by Gasteiger charge is 2.07. The lowest BCUT2D eigenvalue weighted by Gasteiger charge is -2.07. The summed E-state index contributed by atoms with van der Waals surface area (Å²) in [6, 6.07) is 11.8. The zero-order valence-electron chi connectivity index (χ0n) is 12.9. The van der Waals surface area contributed by atoms with E-state index < -0.39 is 0 Å². The highest BCUT2D eigenvalue weighted by Crippen LogP contribution is 2.28. The Kier molecular flexibility index (Phi) is 5.57. The highest BCUT2D eigenvalue weighted by atomic mass is 16.5. The molecule has 2 aromatic rings. The predicted octanol–water partition coefficient (Wildman–Crippen LogP) is 2.56. The summed E-state index contributed by atoms with van der Waals surface area (Å²) >= 11 is 0. The summed E-state index contributed by atoms with van der Waals surface area (Å²) in [5.74, 6) is 0.564. The van der Waals surface area contributed by atoms with Crippen molar-refractivity contribution in [1.29, 1.82) is 0 Å². The minimum atomic E-state index is -0.374. The van der Waals surface area contributed by atoms with Crippen LogP contribution in [0.4, 0.5) is 0 Å². The van der Waals surface area contributed by atoms with Crippen LogP contribution in [0.5, 0.6) is 17.2 Å². The summed E-state index contributed by atoms with van der Waals surface area (Å²) in [6.07, 6.45) is 1.36. The average Bonchev–Trinajstić information content (AvgIpc) is 2.58. The fraction of sp³-hybridized carbons (Fsp3) is 0.176. The first-order valence-corrected chi connectivity index (χ1v) is 7.08. The van der Waals surface area contributed by atoms with Crippen LogP contribution >= 0.6 is 0 Å². The van der Waals surface area contributed by atoms with Gasteiger partial charge in [0, 0.05) is 11.1 Å². The number of hydrazone groups is 1. The molecule has 0 unspecified atom stereocenters. The van der Waals surface area contributed by atoms with Crippen molar-refractivity contribution in [1.82, 2.24) is 5.43 Å². The van der Waals surface area contributed by atoms with E-state index in [2.05, 4.69) is 10.5 Å². The molecule has 0 heterocycles. The van der Waals surface area contributed by atoms with E-state index in [0.29, 0.717) is 29.2 Å². The van der Waals surface area contributed by atoms with E-state index in [0.717, 1.165) is 0 Å². The molecule has 0 radical (unpaired) electrons. The second kappa shape index (κ2) is 7.84. The van der Waals surface area contributed by atoms with Crippen molar-refractivity contribution >= 4 is 12.1 Å². The Balaban J connectivity index is 2.06. The van der Waals surface area contributed by atoms with Gasteiger partial charge in [-0.25, -0.2) is 5.43 Å². The van der Waals surface area contributed by atoms with Crippen molar-refractivity contribution < 1.29 is 19.4 Å². The Morgan fingerprint density at radius 2 is 2.09 bits per heavy atom. The molecule has 0 aliphatic heterocycles. The molecule has 0 atom stereocenters. The number of methoxy groups -OCH3 is 1. The van der Waals surface area contributed by atoms with Gasteiger partial charge in [0.15, 0.2) is 11.5 Å². The summed E-state index contributed by atoms with van der Waals surface area (Å²) in [5, 5.41) is 13.9. The fourth-order valence-corrected chi connectivity index (χ4v) is 1.90. The maximum Gasteiger partial charge on any atom is 0.271 e. The number of carbonyl (C=O) groups is 1. The Labute approximate surface area is 134 Å². The van der Waals surface area contributed by atoms with Crippen LogP contribution in [0.15, 0.2) is 47.6 Å². The van der Waals surface area contributed by atoms with Gasteiger partial charge >= 0.3 is 0 Å². The summed E-state index contributed by atoms with van der Waals surface area (Å²) < 4.78 is 10.4. The van der Waals surface area contributed by atoms with Gasteiger partial charge in [-0.1, -0.05) is 12.1 Å². The molecule has 1 amide bonds. The molecular weight excluding hydrogens is 296 g/mol. The lowest BCUT2D eigenvalue weighted by atomic mass is 10.2. The summed E-state index contributed by atoms with van der Waals surface area (Å²) in [7, 11) is 1.53. The molecule has 23 heavy (non-hydrogen) atoms. The maximum absolute atomic E-state index is 12.0. The molecule has 0 bridgehead atoms. The normalized spacial score (nSPS) is 10.5. The van der Waals surface area contributed by atoms with Crippen LogP contribution in [-0.2, 0) is 0 Å². The minimum absolute atomic E-state index is 0.0197. The number of nitrogens with zero attached hydrogens (tertiary/aromatic N) is 1. The third-order valence-corrected chi connectivity index (χ3v) is 3.03. The maximum atomic E-state index is 12.0. The Bertz CT molecular complexity index is 713. The smallest absolute Gasteiger partial charge is 0.271 e. The molecule has 0 aliphatic carbocycles. The predicted molar refractivity (Wildman–Crippen MR) is 87.3 cm³/mol. The number of para-hydroxylation sites is 1. The zero-order valence-corrected chi connectivity index (χ0v) is 12.9. The lowest BCUT2D eigenvalue weighted by Crippen LogP contribution is -2.17. The highest BCUT2D eigenvalue weighted by molar-refractivity contribution is 5.95. The first-order valence-electron chi connectivity index (χ1n) is 7.08. The molecular formula is C17H18N2O4. The monoisotopic (exact) mass is 314 g/mol. The molecule has 0 aromatic heterocycles. The van der Waals surface area contributed by atoms with Crippen LogP contribution < -0.4 is 14.9 Å². The molecule has 0 aliphatic rings. The van der Waals surface area contributed by atoms with Crippen molar-refractivity contribution in [3.63, 3.8) is 0 Å². The van der Waals surface area contributed by atoms with Crippen LogP contribution in [-0.4, -0.2) is 30.9 Å². The molecule has 6 nitrogen and oxygen atoms in total. The molecule has 0 saturated carbocycles. The Morgan fingerprint density at radius 1 is 1.30 bits per heavy atom. The molecule has 0 spiro atoms. The largest absolute Gasteiger partial charge is 0.504 e. The van der Waals surface area contributed by atoms with Crippen LogP contribution in [0.2, 0.25) is 0 Å². The second-order valence-corrected chi connectivity index (χ2v) is 4.56. The molecule has 2 aromatic carbocycles. The van der Waals surface area contributed by atoms with Crippen LogP contribution in [0.3, 0.4) is 0 Å². The number of carbonyl (C=O) groups excluding carboxylic acids is 1. The SMILES string of the molecule is CCOc1cccc(/C=N/NC(=O)c2cccc(OC)c2)c1O. The van der Waals surface area contributed by atoms with E-state index in [1.54, 1.807) is 42.5 Å². The molecule has 6 heteroatoms. The van der Waals surface area contributed by atoms with E-state index in [1.165, 1.54) is 13.3 Å². The molecule has 120 valence electrons. The topological polar surface area (TPSA) is 80.2 Å². The van der Waals surface area contributed by atoms with Crippen LogP contribution in [0.25, 0.3) is 0 Å². The third-order valence-electron chi connectivity index (χ3n) is 3.03. The second-order valence-electron chi connectivity index (χ2n) is 4.56. The number of benzene rings is 2. The van der Waals surface area contributed by atoms with Crippen LogP contribution in [0.1, 0.15) is 22.8 Å². The first-order chi connectivity index (χ1) is 11.2. The number of rotatable bonds is 6. The van der Waals surface area contributed by atoms with Crippen molar-refractivity contribution in [3.05, 3.63) is 53.6 Å². The van der Waals surface area contributed by atoms with Crippen molar-refractivity contribution in [2.75, 3.05) is 13.7 Å². The molecule has 2 rings (SSSR count). The van der Waals surface area contributed by atoms with Gasteiger partial charge in [-0.05, 0) is 37.3 Å². The number of hydrogen-bond acceptors (Lipinski definition) is 5. The summed E-state index contributed by atoms with van der Waals surface area (Å²) in [4.78, 5) is 12.0. The van der Waals surface area contributed by atoms with Crippen molar-refractivity contribution in [2.45, 2.75) is 6.92 Å². The first kappa shape index (κ1) is 16.4. The van der Waals surface area contributed by atoms with Crippen LogP contribution in [0, 0.1) is 0 Å². The number of ether oxygens (including phenoxy) is 2. The van der Waals surface area contributed by atoms with Gasteiger partial charge < -0.3 is 14.6 Å². The van der Waals surface area contributed by atoms with Gasteiger partial charge in [-0.2, -0.15) is 5.10 Å². The van der Waals surface area contributed by atoms with E-state index in [9.17, 15) is 9.90 Å². The Hall–Kier alpha value is -3.02. The van der Waals surface area contributed by atoms with E-state index in [1.807, 2.05) is 6.92 Å². The number of nitrogens with one attached hydrogen (secondary N) is 1. The summed E-state index contributed by atoms with van der Waals surface area (Å²) in [6.45, 7) is 2.27. The zero-order chi connectivity index (χ0) is 16.7. The molecule has 2 N–H and O–H groups in total. The average molecular weight is 314 g/mol. The third kappa shape index (κ3) is 4.23.